The molecule has 4 nitrogen and oxygen atoms in total. The Morgan fingerprint density at radius 1 is 1.61 bits per heavy atom. The quantitative estimate of drug-likeness (QED) is 0.882. The Kier molecular flexibility index (Phi) is 3.48. The summed E-state index contributed by atoms with van der Waals surface area (Å²) >= 11 is 5.98. The van der Waals surface area contributed by atoms with Gasteiger partial charge in [0.05, 0.1) is 10.6 Å². The van der Waals surface area contributed by atoms with E-state index < -0.39 is 0 Å². The van der Waals surface area contributed by atoms with Crippen molar-refractivity contribution in [2.75, 3.05) is 18.9 Å². The van der Waals surface area contributed by atoms with Crippen molar-refractivity contribution in [3.05, 3.63) is 22.8 Å². The summed E-state index contributed by atoms with van der Waals surface area (Å²) in [5, 5.41) is 6.20. The largest absolute Gasteiger partial charge is 0.373 e. The van der Waals surface area contributed by atoms with Gasteiger partial charge in [-0.1, -0.05) is 25.4 Å². The number of amides is 1. The fraction of sp³-hybridized carbons (Fsp3) is 0.538. The van der Waals surface area contributed by atoms with Crippen molar-refractivity contribution in [1.29, 1.82) is 0 Å². The minimum Gasteiger partial charge on any atom is -0.373 e. The molecule has 1 unspecified atom stereocenters. The number of carbonyl (C=O) groups excluding carboxylic acids is 1. The molecule has 1 fully saturated rings. The third-order valence-corrected chi connectivity index (χ3v) is 3.88. The first kappa shape index (κ1) is 13.1. The van der Waals surface area contributed by atoms with Crippen molar-refractivity contribution in [3.63, 3.8) is 0 Å². The van der Waals surface area contributed by atoms with E-state index in [2.05, 4.69) is 29.5 Å². The molecular formula is C13H18ClN3O. The van der Waals surface area contributed by atoms with Gasteiger partial charge in [-0.3, -0.25) is 4.79 Å². The summed E-state index contributed by atoms with van der Waals surface area (Å²) in [4.78, 5) is 16.1. The molecule has 1 aliphatic carbocycles. The molecule has 98 valence electrons. The van der Waals surface area contributed by atoms with Crippen LogP contribution in [-0.2, 0) is 0 Å². The summed E-state index contributed by atoms with van der Waals surface area (Å²) in [6.07, 6.45) is 2.66. The predicted octanol–water partition coefficient (Wildman–Crippen LogP) is 2.55. The van der Waals surface area contributed by atoms with Crippen molar-refractivity contribution >= 4 is 23.3 Å². The molecule has 18 heavy (non-hydrogen) atoms. The van der Waals surface area contributed by atoms with Crippen LogP contribution in [0.4, 0.5) is 5.82 Å². The third-order valence-electron chi connectivity index (χ3n) is 3.58. The van der Waals surface area contributed by atoms with Gasteiger partial charge in [0.2, 0.25) is 0 Å². The van der Waals surface area contributed by atoms with E-state index >= 15 is 0 Å². The number of pyridine rings is 1. The molecule has 1 atom stereocenters. The summed E-state index contributed by atoms with van der Waals surface area (Å²) < 4.78 is 0. The highest BCUT2D eigenvalue weighted by Gasteiger charge is 2.45. The highest BCUT2D eigenvalue weighted by Crippen LogP contribution is 2.50. The second-order valence-corrected chi connectivity index (χ2v) is 5.81. The maximum Gasteiger partial charge on any atom is 0.253 e. The molecule has 2 N–H and O–H groups in total. The van der Waals surface area contributed by atoms with Crippen molar-refractivity contribution < 1.29 is 4.79 Å². The Balaban J connectivity index is 2.00. The van der Waals surface area contributed by atoms with Crippen LogP contribution < -0.4 is 10.6 Å². The van der Waals surface area contributed by atoms with Crippen LogP contribution in [0.5, 0.6) is 0 Å². The fourth-order valence-corrected chi connectivity index (χ4v) is 2.17. The zero-order chi connectivity index (χ0) is 13.3. The van der Waals surface area contributed by atoms with E-state index in [-0.39, 0.29) is 5.91 Å². The molecule has 1 aliphatic rings. The van der Waals surface area contributed by atoms with E-state index in [9.17, 15) is 4.79 Å². The average molecular weight is 268 g/mol. The number of nitrogens with one attached hydrogen (secondary N) is 2. The number of hydrogen-bond donors (Lipinski definition) is 2. The molecule has 0 saturated heterocycles. The van der Waals surface area contributed by atoms with Crippen LogP contribution in [0, 0.1) is 11.3 Å². The summed E-state index contributed by atoms with van der Waals surface area (Å²) in [7, 11) is 1.75. The van der Waals surface area contributed by atoms with E-state index in [1.807, 2.05) is 0 Å². The normalized spacial score (nSPS) is 20.3. The summed E-state index contributed by atoms with van der Waals surface area (Å²) in [5.41, 5.74) is 0.834. The molecule has 0 spiro atoms. The Labute approximate surface area is 112 Å². The van der Waals surface area contributed by atoms with Crippen LogP contribution in [0.2, 0.25) is 5.02 Å². The number of carbonyl (C=O) groups is 1. The van der Waals surface area contributed by atoms with E-state index in [1.54, 1.807) is 13.1 Å². The Bertz CT molecular complexity index is 473. The molecule has 0 bridgehead atoms. The predicted molar refractivity (Wildman–Crippen MR) is 73.0 cm³/mol. The van der Waals surface area contributed by atoms with Gasteiger partial charge in [0.1, 0.15) is 5.82 Å². The third kappa shape index (κ3) is 2.75. The molecular weight excluding hydrogens is 250 g/mol. The molecule has 0 radical (unpaired) electrons. The van der Waals surface area contributed by atoms with Crippen molar-refractivity contribution in [2.45, 2.75) is 20.3 Å². The van der Waals surface area contributed by atoms with Gasteiger partial charge in [-0.05, 0) is 23.8 Å². The maximum atomic E-state index is 12.0. The van der Waals surface area contributed by atoms with Crippen LogP contribution in [0.1, 0.15) is 30.6 Å². The number of aromatic nitrogens is 1. The highest BCUT2D eigenvalue weighted by atomic mass is 35.5. The van der Waals surface area contributed by atoms with Gasteiger partial charge in [-0.15, -0.1) is 0 Å². The van der Waals surface area contributed by atoms with E-state index in [0.717, 1.165) is 0 Å². The fourth-order valence-electron chi connectivity index (χ4n) is 1.99. The first-order valence-corrected chi connectivity index (χ1v) is 6.43. The molecule has 5 heteroatoms. The van der Waals surface area contributed by atoms with Gasteiger partial charge in [0.25, 0.3) is 5.91 Å². The van der Waals surface area contributed by atoms with E-state index in [1.165, 1.54) is 12.6 Å². The van der Waals surface area contributed by atoms with Crippen molar-refractivity contribution in [1.82, 2.24) is 10.3 Å². The monoisotopic (exact) mass is 267 g/mol. The first-order chi connectivity index (χ1) is 8.44. The molecule has 0 aliphatic heterocycles. The second kappa shape index (κ2) is 4.76. The SMILES string of the molecule is CNc1cc(C(=O)NCC2CC2(C)C)c(Cl)cn1. The van der Waals surface area contributed by atoms with Crippen LogP contribution in [0.25, 0.3) is 0 Å². The molecule has 1 saturated carbocycles. The number of anilines is 1. The minimum atomic E-state index is -0.137. The van der Waals surface area contributed by atoms with Gasteiger partial charge in [0.15, 0.2) is 0 Å². The van der Waals surface area contributed by atoms with Gasteiger partial charge >= 0.3 is 0 Å². The topological polar surface area (TPSA) is 54.0 Å². The Hall–Kier alpha value is -1.29. The summed E-state index contributed by atoms with van der Waals surface area (Å²) in [6.45, 7) is 5.13. The van der Waals surface area contributed by atoms with Gasteiger partial charge in [-0.2, -0.15) is 0 Å². The van der Waals surface area contributed by atoms with Crippen molar-refractivity contribution in [3.8, 4) is 0 Å². The lowest BCUT2D eigenvalue weighted by Gasteiger charge is -2.09. The minimum absolute atomic E-state index is 0.137. The van der Waals surface area contributed by atoms with Crippen LogP contribution >= 0.6 is 11.6 Å². The smallest absolute Gasteiger partial charge is 0.253 e. The lowest BCUT2D eigenvalue weighted by Crippen LogP contribution is -2.27. The van der Waals surface area contributed by atoms with Gasteiger partial charge < -0.3 is 10.6 Å². The Morgan fingerprint density at radius 2 is 2.28 bits per heavy atom. The molecule has 1 aromatic rings. The molecule has 2 rings (SSSR count). The lowest BCUT2D eigenvalue weighted by molar-refractivity contribution is 0.0950. The van der Waals surface area contributed by atoms with E-state index in [4.69, 9.17) is 11.6 Å². The number of halogens is 1. The zero-order valence-electron chi connectivity index (χ0n) is 10.9. The number of rotatable bonds is 4. The summed E-state index contributed by atoms with van der Waals surface area (Å²) in [6, 6.07) is 1.66. The molecule has 0 aromatic carbocycles. The maximum absolute atomic E-state index is 12.0. The number of hydrogen-bond acceptors (Lipinski definition) is 3. The summed E-state index contributed by atoms with van der Waals surface area (Å²) in [5.74, 6) is 1.07. The Morgan fingerprint density at radius 3 is 2.83 bits per heavy atom. The highest BCUT2D eigenvalue weighted by molar-refractivity contribution is 6.33. The van der Waals surface area contributed by atoms with E-state index in [0.29, 0.717) is 34.3 Å². The van der Waals surface area contributed by atoms with Crippen molar-refractivity contribution in [2.24, 2.45) is 11.3 Å². The molecule has 1 amide bonds. The molecule has 1 heterocycles. The standard InChI is InChI=1S/C13H18ClN3O/c1-13(2)5-8(13)6-17-12(18)9-4-11(15-3)16-7-10(9)14/h4,7-8H,5-6H2,1-3H3,(H,15,16)(H,17,18). The van der Waals surface area contributed by atoms with Crippen LogP contribution in [0.3, 0.4) is 0 Å². The first-order valence-electron chi connectivity index (χ1n) is 6.05. The van der Waals surface area contributed by atoms with Gasteiger partial charge in [0, 0.05) is 19.8 Å². The second-order valence-electron chi connectivity index (χ2n) is 5.40. The van der Waals surface area contributed by atoms with Gasteiger partial charge in [-0.25, -0.2) is 4.98 Å². The zero-order valence-corrected chi connectivity index (χ0v) is 11.6. The average Bonchev–Trinajstić information content (AvgIpc) is 2.95. The van der Waals surface area contributed by atoms with Crippen LogP contribution in [0.15, 0.2) is 12.3 Å². The lowest BCUT2D eigenvalue weighted by atomic mass is 10.1. The number of nitrogens with zero attached hydrogens (tertiary/aromatic N) is 1. The molecule has 1 aromatic heterocycles. The van der Waals surface area contributed by atoms with Crippen LogP contribution in [-0.4, -0.2) is 24.5 Å².